The van der Waals surface area contributed by atoms with E-state index in [2.05, 4.69) is 25.8 Å². The van der Waals surface area contributed by atoms with Crippen molar-refractivity contribution in [2.45, 2.75) is 78.7 Å². The Hall–Kier alpha value is -3.18. The van der Waals surface area contributed by atoms with E-state index >= 15 is 0 Å². The number of alkyl halides is 3. The summed E-state index contributed by atoms with van der Waals surface area (Å²) in [6.07, 6.45) is -4.78. The molecule has 2 N–H and O–H groups in total. The zero-order chi connectivity index (χ0) is 26.3. The van der Waals surface area contributed by atoms with Crippen LogP contribution in [-0.4, -0.2) is 43.4 Å². The van der Waals surface area contributed by atoms with Gasteiger partial charge in [-0.3, -0.25) is 4.40 Å². The molecule has 0 unspecified atom stereocenters. The zero-order valence-electron chi connectivity index (χ0n) is 20.7. The number of benzene rings is 1. The van der Waals surface area contributed by atoms with Crippen molar-refractivity contribution >= 4 is 28.6 Å². The lowest BCUT2D eigenvalue weighted by molar-refractivity contribution is -0.136. The summed E-state index contributed by atoms with van der Waals surface area (Å²) in [6, 6.07) is 0.933. The molecule has 0 fully saturated rings. The van der Waals surface area contributed by atoms with Crippen LogP contribution < -0.4 is 10.6 Å². The smallest absolute Gasteiger partial charge is 0.418 e. The number of ether oxygens (including phenoxy) is 1. The number of carbonyl (C=O) groups is 1. The molecule has 192 valence electrons. The molecule has 1 aromatic carbocycles. The van der Waals surface area contributed by atoms with Gasteiger partial charge in [-0.25, -0.2) is 14.2 Å². The number of nitrogens with zero attached hydrogens (tertiary/aromatic N) is 4. The Morgan fingerprint density at radius 1 is 1.14 bits per heavy atom. The third kappa shape index (κ3) is 6.09. The quantitative estimate of drug-likeness (QED) is 0.437. The monoisotopic (exact) mass is 498 g/mol. The van der Waals surface area contributed by atoms with Crippen molar-refractivity contribution in [1.82, 2.24) is 24.9 Å². The molecule has 2 aromatic heterocycles. The zero-order valence-corrected chi connectivity index (χ0v) is 20.7. The fraction of sp³-hybridized carbons (Fsp3) is 0.565. The molecule has 8 nitrogen and oxygen atoms in total. The van der Waals surface area contributed by atoms with Gasteiger partial charge in [-0.1, -0.05) is 6.92 Å². The number of hydrogen-bond acceptors (Lipinski definition) is 6. The van der Waals surface area contributed by atoms with Crippen LogP contribution in [0.4, 0.5) is 28.2 Å². The standard InChI is InChI=1S/C23H30F4N6O2/c1-11(13(3)29-21(34)35-22(5,6)7)8-12(2)28-19-20-32-31-14(4)33(20)17-10-15(24)9-16(18(17)30-19)23(25,26)27/h9-13H,8H2,1-7H3,(H,28,30)(H,29,34)/t11-,12+,13+/m0/s1. The van der Waals surface area contributed by atoms with E-state index in [0.717, 1.165) is 6.07 Å². The van der Waals surface area contributed by atoms with Gasteiger partial charge < -0.3 is 15.4 Å². The van der Waals surface area contributed by atoms with Gasteiger partial charge in [-0.15, -0.1) is 10.2 Å². The van der Waals surface area contributed by atoms with E-state index in [4.69, 9.17) is 4.74 Å². The molecule has 0 spiro atoms. The van der Waals surface area contributed by atoms with Crippen LogP contribution in [0.5, 0.6) is 0 Å². The number of rotatable bonds is 6. The van der Waals surface area contributed by atoms with E-state index in [1.165, 1.54) is 4.40 Å². The number of hydrogen-bond donors (Lipinski definition) is 2. The van der Waals surface area contributed by atoms with Gasteiger partial charge in [0.25, 0.3) is 0 Å². The Morgan fingerprint density at radius 3 is 2.40 bits per heavy atom. The highest BCUT2D eigenvalue weighted by Crippen LogP contribution is 2.36. The number of alkyl carbamates (subject to hydrolysis) is 1. The van der Waals surface area contributed by atoms with Crippen LogP contribution in [0, 0.1) is 18.7 Å². The first-order valence-corrected chi connectivity index (χ1v) is 11.2. The third-order valence-electron chi connectivity index (χ3n) is 5.57. The summed E-state index contributed by atoms with van der Waals surface area (Å²) in [5, 5.41) is 13.9. The first-order chi connectivity index (χ1) is 16.1. The van der Waals surface area contributed by atoms with Crippen molar-refractivity contribution in [2.24, 2.45) is 5.92 Å². The van der Waals surface area contributed by atoms with Gasteiger partial charge in [0.2, 0.25) is 5.65 Å². The molecule has 3 atom stereocenters. The molecule has 0 radical (unpaired) electrons. The first-order valence-electron chi connectivity index (χ1n) is 11.2. The van der Waals surface area contributed by atoms with Crippen LogP contribution in [0.15, 0.2) is 12.1 Å². The molecule has 0 aliphatic rings. The molecule has 0 saturated carbocycles. The Balaban J connectivity index is 1.88. The average Bonchev–Trinajstić information content (AvgIpc) is 3.08. The molecule has 12 heteroatoms. The summed E-state index contributed by atoms with van der Waals surface area (Å²) in [5.41, 5.74) is -2.09. The lowest BCUT2D eigenvalue weighted by atomic mass is 9.96. The fourth-order valence-corrected chi connectivity index (χ4v) is 3.84. The Bertz CT molecular complexity index is 1230. The topological polar surface area (TPSA) is 93.4 Å². The van der Waals surface area contributed by atoms with E-state index in [-0.39, 0.29) is 35.0 Å². The maximum absolute atomic E-state index is 14.1. The van der Waals surface area contributed by atoms with E-state index in [1.807, 2.05) is 20.8 Å². The highest BCUT2D eigenvalue weighted by atomic mass is 19.4. The number of aromatic nitrogens is 4. The minimum Gasteiger partial charge on any atom is -0.444 e. The summed E-state index contributed by atoms with van der Waals surface area (Å²) in [5.74, 6) is -0.649. The number of amides is 1. The van der Waals surface area contributed by atoms with Crippen molar-refractivity contribution < 1.29 is 27.1 Å². The number of anilines is 1. The largest absolute Gasteiger partial charge is 0.444 e. The van der Waals surface area contributed by atoms with Crippen LogP contribution in [-0.2, 0) is 10.9 Å². The maximum Gasteiger partial charge on any atom is 0.418 e. The van der Waals surface area contributed by atoms with Crippen LogP contribution >= 0.6 is 0 Å². The highest BCUT2D eigenvalue weighted by molar-refractivity contribution is 5.86. The minimum atomic E-state index is -4.80. The van der Waals surface area contributed by atoms with Gasteiger partial charge in [0, 0.05) is 18.2 Å². The highest BCUT2D eigenvalue weighted by Gasteiger charge is 2.35. The van der Waals surface area contributed by atoms with Crippen LogP contribution in [0.2, 0.25) is 0 Å². The third-order valence-corrected chi connectivity index (χ3v) is 5.57. The predicted molar refractivity (Wildman–Crippen MR) is 124 cm³/mol. The van der Waals surface area contributed by atoms with E-state index in [0.29, 0.717) is 18.3 Å². The van der Waals surface area contributed by atoms with E-state index in [1.54, 1.807) is 27.7 Å². The number of nitrogens with one attached hydrogen (secondary N) is 2. The van der Waals surface area contributed by atoms with Crippen molar-refractivity contribution in [3.63, 3.8) is 0 Å². The average molecular weight is 499 g/mol. The molecule has 35 heavy (non-hydrogen) atoms. The molecule has 2 heterocycles. The maximum atomic E-state index is 14.1. The Kier molecular flexibility index (Phi) is 7.14. The van der Waals surface area contributed by atoms with Crippen molar-refractivity contribution in [3.8, 4) is 0 Å². The second-order valence-electron chi connectivity index (χ2n) is 9.88. The van der Waals surface area contributed by atoms with E-state index < -0.39 is 34.8 Å². The van der Waals surface area contributed by atoms with Gasteiger partial charge >= 0.3 is 12.3 Å². The van der Waals surface area contributed by atoms with Crippen molar-refractivity contribution in [2.75, 3.05) is 5.32 Å². The molecule has 0 aliphatic heterocycles. The second kappa shape index (κ2) is 9.46. The fourth-order valence-electron chi connectivity index (χ4n) is 3.84. The number of carbonyl (C=O) groups excluding carboxylic acids is 1. The summed E-state index contributed by atoms with van der Waals surface area (Å²) in [4.78, 5) is 16.3. The summed E-state index contributed by atoms with van der Waals surface area (Å²) in [6.45, 7) is 12.5. The van der Waals surface area contributed by atoms with Crippen LogP contribution in [0.3, 0.4) is 0 Å². The second-order valence-corrected chi connectivity index (χ2v) is 9.88. The normalized spacial score (nSPS) is 15.2. The lowest BCUT2D eigenvalue weighted by Crippen LogP contribution is -2.41. The summed E-state index contributed by atoms with van der Waals surface area (Å²) in [7, 11) is 0. The van der Waals surface area contributed by atoms with Gasteiger partial charge in [0.15, 0.2) is 5.82 Å². The molecule has 3 aromatic rings. The van der Waals surface area contributed by atoms with Crippen LogP contribution in [0.25, 0.3) is 16.7 Å². The molecule has 3 rings (SSSR count). The summed E-state index contributed by atoms with van der Waals surface area (Å²) >= 11 is 0. The SMILES string of the molecule is Cc1nnc2c(N[C@H](C)C[C@H](C)[C@@H](C)NC(=O)OC(C)(C)C)nc3c(C(F)(F)F)cc(F)cc3n12. The molecule has 0 bridgehead atoms. The van der Waals surface area contributed by atoms with Gasteiger partial charge in [-0.2, -0.15) is 13.2 Å². The van der Waals surface area contributed by atoms with E-state index in [9.17, 15) is 22.4 Å². The Labute approximate surface area is 200 Å². The number of aryl methyl sites for hydroxylation is 1. The minimum absolute atomic E-state index is 0.0130. The van der Waals surface area contributed by atoms with Gasteiger partial charge in [0.1, 0.15) is 22.8 Å². The molecule has 0 aliphatic carbocycles. The van der Waals surface area contributed by atoms with Gasteiger partial charge in [0.05, 0.1) is 11.1 Å². The van der Waals surface area contributed by atoms with Crippen molar-refractivity contribution in [1.29, 1.82) is 0 Å². The number of halogens is 4. The molecular formula is C23H30F4N6O2. The Morgan fingerprint density at radius 2 is 1.80 bits per heavy atom. The molecule has 0 saturated heterocycles. The van der Waals surface area contributed by atoms with Gasteiger partial charge in [-0.05, 0) is 59.9 Å². The molecular weight excluding hydrogens is 468 g/mol. The van der Waals surface area contributed by atoms with Crippen molar-refractivity contribution in [3.05, 3.63) is 29.3 Å². The summed E-state index contributed by atoms with van der Waals surface area (Å²) < 4.78 is 61.7. The first kappa shape index (κ1) is 26.4. The predicted octanol–water partition coefficient (Wildman–Crippen LogP) is 5.48. The lowest BCUT2D eigenvalue weighted by Gasteiger charge is -2.27. The molecule has 1 amide bonds. The van der Waals surface area contributed by atoms with Crippen LogP contribution in [0.1, 0.15) is 59.4 Å². The number of fused-ring (bicyclic) bond motifs is 3.